The lowest BCUT2D eigenvalue weighted by Gasteiger charge is -2.03. The zero-order valence-corrected chi connectivity index (χ0v) is 12.5. The number of ether oxygens (including phenoxy) is 2. The van der Waals surface area contributed by atoms with Crippen molar-refractivity contribution in [2.24, 2.45) is 0 Å². The molecule has 6 heteroatoms. The Kier molecular flexibility index (Phi) is 5.36. The normalized spacial score (nSPS) is 10.2. The summed E-state index contributed by atoms with van der Waals surface area (Å²) in [6, 6.07) is 9.30. The minimum absolute atomic E-state index is 0.345. The summed E-state index contributed by atoms with van der Waals surface area (Å²) in [7, 11) is 1.61. The van der Waals surface area contributed by atoms with Crippen molar-refractivity contribution >= 4 is 22.9 Å². The second-order valence-electron chi connectivity index (χ2n) is 3.99. The first-order valence-corrected chi connectivity index (χ1v) is 7.14. The molecule has 0 spiro atoms. The van der Waals surface area contributed by atoms with Crippen LogP contribution in [0.1, 0.15) is 15.6 Å². The number of thiazole rings is 1. The van der Waals surface area contributed by atoms with Gasteiger partial charge >= 0.3 is 0 Å². The largest absolute Gasteiger partial charge is 0.486 e. The number of hydrogen-bond donors (Lipinski definition) is 0. The molecule has 0 fully saturated rings. The highest BCUT2D eigenvalue weighted by Crippen LogP contribution is 2.22. The third-order valence-corrected chi connectivity index (χ3v) is 3.84. The number of halogens is 1. The Balaban J connectivity index is 2.04. The van der Waals surface area contributed by atoms with Gasteiger partial charge < -0.3 is 9.47 Å². The van der Waals surface area contributed by atoms with E-state index in [4.69, 9.17) is 26.3 Å². The lowest BCUT2D eigenvalue weighted by molar-refractivity contribution is 0.181. The van der Waals surface area contributed by atoms with E-state index in [2.05, 4.69) is 11.1 Å². The van der Waals surface area contributed by atoms with Crippen molar-refractivity contribution in [1.29, 1.82) is 5.26 Å². The molecule has 0 saturated carbocycles. The molecule has 104 valence electrons. The Labute approximate surface area is 126 Å². The van der Waals surface area contributed by atoms with Gasteiger partial charge in [-0.3, -0.25) is 0 Å². The van der Waals surface area contributed by atoms with Crippen LogP contribution in [-0.4, -0.2) is 12.1 Å². The molecule has 1 aromatic carbocycles. The van der Waals surface area contributed by atoms with E-state index in [1.54, 1.807) is 19.2 Å². The molecule has 0 saturated heterocycles. The van der Waals surface area contributed by atoms with E-state index in [0.717, 1.165) is 21.3 Å². The van der Waals surface area contributed by atoms with E-state index in [1.165, 1.54) is 11.3 Å². The average molecular weight is 309 g/mol. The summed E-state index contributed by atoms with van der Waals surface area (Å²) in [5, 5.41) is 10.3. The zero-order valence-electron chi connectivity index (χ0n) is 10.9. The summed E-state index contributed by atoms with van der Waals surface area (Å²) in [5.41, 5.74) is 0.814. The van der Waals surface area contributed by atoms with E-state index in [0.29, 0.717) is 24.7 Å². The average Bonchev–Trinajstić information content (AvgIpc) is 2.82. The highest BCUT2D eigenvalue weighted by Gasteiger charge is 2.11. The number of rotatable bonds is 6. The summed E-state index contributed by atoms with van der Waals surface area (Å²) in [4.78, 5) is 5.38. The number of hydrogen-bond acceptors (Lipinski definition) is 5. The van der Waals surface area contributed by atoms with Gasteiger partial charge in [-0.15, -0.1) is 11.3 Å². The van der Waals surface area contributed by atoms with Crippen LogP contribution in [0.2, 0.25) is 5.02 Å². The highest BCUT2D eigenvalue weighted by molar-refractivity contribution is 7.11. The van der Waals surface area contributed by atoms with Crippen molar-refractivity contribution in [3.05, 3.63) is 44.9 Å². The summed E-state index contributed by atoms with van der Waals surface area (Å²) in [6.07, 6.45) is 0.345. The van der Waals surface area contributed by atoms with Gasteiger partial charge in [0.25, 0.3) is 0 Å². The minimum Gasteiger partial charge on any atom is -0.486 e. The third kappa shape index (κ3) is 3.94. The Morgan fingerprint density at radius 1 is 1.30 bits per heavy atom. The predicted octanol–water partition coefficient (Wildman–Crippen LogP) is 3.59. The fourth-order valence-corrected chi connectivity index (χ4v) is 2.68. The van der Waals surface area contributed by atoms with Crippen LogP contribution in [0.15, 0.2) is 24.3 Å². The molecule has 4 nitrogen and oxygen atoms in total. The first kappa shape index (κ1) is 14.8. The molecular weight excluding hydrogens is 296 g/mol. The van der Waals surface area contributed by atoms with Crippen LogP contribution < -0.4 is 4.74 Å². The molecular formula is C14H13ClN2O2S. The molecule has 0 unspecified atom stereocenters. The van der Waals surface area contributed by atoms with E-state index < -0.39 is 0 Å². The van der Waals surface area contributed by atoms with Gasteiger partial charge in [0.1, 0.15) is 17.4 Å². The molecule has 0 atom stereocenters. The second kappa shape index (κ2) is 7.25. The van der Waals surface area contributed by atoms with Gasteiger partial charge in [0.2, 0.25) is 0 Å². The maximum absolute atomic E-state index is 8.80. The number of nitriles is 1. The number of aromatic nitrogens is 1. The van der Waals surface area contributed by atoms with Crippen LogP contribution in [0.3, 0.4) is 0 Å². The summed E-state index contributed by atoms with van der Waals surface area (Å²) >= 11 is 7.29. The topological polar surface area (TPSA) is 55.1 Å². The lowest BCUT2D eigenvalue weighted by atomic mass is 10.3. The first-order valence-electron chi connectivity index (χ1n) is 5.94. The van der Waals surface area contributed by atoms with Gasteiger partial charge in [-0.1, -0.05) is 11.6 Å². The summed E-state index contributed by atoms with van der Waals surface area (Å²) in [6.45, 7) is 0.781. The first-order chi connectivity index (χ1) is 9.72. The Morgan fingerprint density at radius 3 is 2.70 bits per heavy atom. The van der Waals surface area contributed by atoms with Crippen LogP contribution in [0.5, 0.6) is 5.75 Å². The number of methoxy groups -OCH3 is 1. The number of nitrogens with zero attached hydrogens (tertiary/aromatic N) is 2. The van der Waals surface area contributed by atoms with Crippen LogP contribution in [-0.2, 0) is 24.4 Å². The van der Waals surface area contributed by atoms with E-state index in [9.17, 15) is 0 Å². The molecule has 0 amide bonds. The predicted molar refractivity (Wildman–Crippen MR) is 77.9 cm³/mol. The van der Waals surface area contributed by atoms with Gasteiger partial charge in [-0.2, -0.15) is 5.26 Å². The van der Waals surface area contributed by atoms with Crippen molar-refractivity contribution in [3.63, 3.8) is 0 Å². The fraction of sp³-hybridized carbons (Fsp3) is 0.286. The van der Waals surface area contributed by atoms with E-state index in [-0.39, 0.29) is 0 Å². The minimum atomic E-state index is 0.345. The highest BCUT2D eigenvalue weighted by atomic mass is 35.5. The Hall–Kier alpha value is -1.61. The maximum Gasteiger partial charge on any atom is 0.140 e. The number of benzene rings is 1. The van der Waals surface area contributed by atoms with E-state index >= 15 is 0 Å². The molecule has 0 aliphatic carbocycles. The quantitative estimate of drug-likeness (QED) is 0.818. The Bertz CT molecular complexity index is 605. The Morgan fingerprint density at radius 2 is 2.05 bits per heavy atom. The molecule has 0 bridgehead atoms. The monoisotopic (exact) mass is 308 g/mol. The second-order valence-corrected chi connectivity index (χ2v) is 5.59. The standard InChI is InChI=1S/C14H13ClN2O2S/c1-18-8-12-13(6-7-16)20-14(17-12)9-19-11-4-2-10(15)3-5-11/h2-5H,6,8-9H2,1H3. The smallest absolute Gasteiger partial charge is 0.140 e. The molecule has 1 aromatic heterocycles. The van der Waals surface area contributed by atoms with Crippen molar-refractivity contribution in [2.75, 3.05) is 7.11 Å². The molecule has 0 radical (unpaired) electrons. The van der Waals surface area contributed by atoms with E-state index in [1.807, 2.05) is 12.1 Å². The van der Waals surface area contributed by atoms with Gasteiger partial charge in [0.15, 0.2) is 0 Å². The third-order valence-electron chi connectivity index (χ3n) is 2.52. The zero-order chi connectivity index (χ0) is 14.4. The van der Waals surface area contributed by atoms with Crippen molar-refractivity contribution in [2.45, 2.75) is 19.6 Å². The molecule has 0 aliphatic rings. The van der Waals surface area contributed by atoms with Gasteiger partial charge in [0, 0.05) is 17.0 Å². The summed E-state index contributed by atoms with van der Waals surface area (Å²) in [5.74, 6) is 0.736. The van der Waals surface area contributed by atoms with Crippen LogP contribution in [0, 0.1) is 11.3 Å². The fourth-order valence-electron chi connectivity index (χ4n) is 1.63. The molecule has 2 aromatic rings. The molecule has 0 N–H and O–H groups in total. The van der Waals surface area contributed by atoms with Crippen LogP contribution >= 0.6 is 22.9 Å². The van der Waals surface area contributed by atoms with Gasteiger partial charge in [-0.25, -0.2) is 4.98 Å². The van der Waals surface area contributed by atoms with Crippen LogP contribution in [0.4, 0.5) is 0 Å². The molecule has 0 aliphatic heterocycles. The van der Waals surface area contributed by atoms with Crippen molar-refractivity contribution in [1.82, 2.24) is 4.98 Å². The molecule has 20 heavy (non-hydrogen) atoms. The van der Waals surface area contributed by atoms with Gasteiger partial charge in [0.05, 0.1) is 24.8 Å². The SMILES string of the molecule is COCc1nc(COc2ccc(Cl)cc2)sc1CC#N. The lowest BCUT2D eigenvalue weighted by Crippen LogP contribution is -1.96. The van der Waals surface area contributed by atoms with Crippen molar-refractivity contribution < 1.29 is 9.47 Å². The molecule has 2 rings (SSSR count). The van der Waals surface area contributed by atoms with Crippen LogP contribution in [0.25, 0.3) is 0 Å². The van der Waals surface area contributed by atoms with Crippen molar-refractivity contribution in [3.8, 4) is 11.8 Å². The molecule has 1 heterocycles. The maximum atomic E-state index is 8.80. The summed E-state index contributed by atoms with van der Waals surface area (Å²) < 4.78 is 10.7. The van der Waals surface area contributed by atoms with Gasteiger partial charge in [-0.05, 0) is 24.3 Å².